The highest BCUT2D eigenvalue weighted by Gasteiger charge is 2.29. The van der Waals surface area contributed by atoms with Gasteiger partial charge in [-0.1, -0.05) is 0 Å². The first-order chi connectivity index (χ1) is 13.8. The van der Waals surface area contributed by atoms with E-state index in [4.69, 9.17) is 10.5 Å². The van der Waals surface area contributed by atoms with Crippen molar-refractivity contribution < 1.29 is 32.6 Å². The van der Waals surface area contributed by atoms with Crippen LogP contribution in [0.3, 0.4) is 0 Å². The predicted octanol–water partition coefficient (Wildman–Crippen LogP) is 0.443. The highest BCUT2D eigenvalue weighted by molar-refractivity contribution is 6.10. The molecule has 9 nitrogen and oxygen atoms in total. The van der Waals surface area contributed by atoms with E-state index in [1.165, 1.54) is 23.1 Å². The van der Waals surface area contributed by atoms with E-state index in [0.29, 0.717) is 24.8 Å². The number of carbonyl (C=O) groups is 3. The Hall–Kier alpha value is -2.79. The van der Waals surface area contributed by atoms with Gasteiger partial charge in [-0.2, -0.15) is 8.78 Å². The van der Waals surface area contributed by atoms with Crippen LogP contribution >= 0.6 is 0 Å². The molecule has 1 aliphatic heterocycles. The number of hydrogen-bond donors (Lipinski definition) is 3. The van der Waals surface area contributed by atoms with Crippen LogP contribution in [0, 0.1) is 5.92 Å². The smallest absolute Gasteiger partial charge is 0.387 e. The fraction of sp³-hybridized carbons (Fsp3) is 0.500. The lowest BCUT2D eigenvalue weighted by molar-refractivity contribution is -0.128. The molecule has 11 heteroatoms. The Bertz CT molecular complexity index is 788. The maximum Gasteiger partial charge on any atom is 0.387 e. The molecule has 1 aromatic carbocycles. The average Bonchev–Trinajstić information content (AvgIpc) is 3.47. The van der Waals surface area contributed by atoms with Gasteiger partial charge in [-0.25, -0.2) is 0 Å². The molecule has 2 fully saturated rings. The summed E-state index contributed by atoms with van der Waals surface area (Å²) >= 11 is 0. The molecule has 0 radical (unpaired) electrons. The van der Waals surface area contributed by atoms with Crippen molar-refractivity contribution in [1.82, 2.24) is 5.32 Å². The topological polar surface area (TPSA) is 123 Å². The van der Waals surface area contributed by atoms with Crippen LogP contribution < -0.4 is 26.0 Å². The lowest BCUT2D eigenvalue weighted by Crippen LogP contribution is -2.50. The summed E-state index contributed by atoms with van der Waals surface area (Å²) < 4.78 is 35.3. The monoisotopic (exact) mass is 412 g/mol. The molecule has 2 aliphatic rings. The van der Waals surface area contributed by atoms with Crippen molar-refractivity contribution in [2.75, 3.05) is 36.5 Å². The van der Waals surface area contributed by atoms with Gasteiger partial charge in [0, 0.05) is 18.3 Å². The maximum absolute atomic E-state index is 12.9. The van der Waals surface area contributed by atoms with Gasteiger partial charge in [0.2, 0.25) is 5.91 Å². The van der Waals surface area contributed by atoms with Gasteiger partial charge >= 0.3 is 6.61 Å². The molecule has 0 bridgehead atoms. The Morgan fingerprint density at radius 1 is 1.34 bits per heavy atom. The Balaban J connectivity index is 1.77. The largest absolute Gasteiger partial charge is 0.433 e. The highest BCUT2D eigenvalue weighted by atomic mass is 19.3. The van der Waals surface area contributed by atoms with Gasteiger partial charge in [0.15, 0.2) is 11.8 Å². The van der Waals surface area contributed by atoms with E-state index in [2.05, 4.69) is 15.4 Å². The molecule has 29 heavy (non-hydrogen) atoms. The number of ether oxygens (including phenoxy) is 2. The zero-order chi connectivity index (χ0) is 21.0. The first-order valence-electron chi connectivity index (χ1n) is 9.15. The maximum atomic E-state index is 12.9. The Morgan fingerprint density at radius 2 is 2.10 bits per heavy atom. The number of nitrogens with zero attached hydrogens (tertiary/aromatic N) is 1. The minimum atomic E-state index is -3.15. The number of alkyl halides is 2. The molecule has 3 amide bonds. The van der Waals surface area contributed by atoms with Crippen LogP contribution in [0.25, 0.3) is 0 Å². The molecule has 0 aromatic heterocycles. The van der Waals surface area contributed by atoms with Crippen LogP contribution in [-0.4, -0.2) is 56.7 Å². The van der Waals surface area contributed by atoms with E-state index in [9.17, 15) is 23.2 Å². The fourth-order valence-corrected chi connectivity index (χ4v) is 2.90. The summed E-state index contributed by atoms with van der Waals surface area (Å²) in [5, 5.41) is 5.18. The van der Waals surface area contributed by atoms with Gasteiger partial charge in [0.05, 0.1) is 12.3 Å². The molecule has 158 valence electrons. The third-order valence-corrected chi connectivity index (χ3v) is 4.59. The minimum absolute atomic E-state index is 0.0702. The molecule has 4 N–H and O–H groups in total. The molecule has 1 saturated carbocycles. The second-order valence-corrected chi connectivity index (χ2v) is 6.83. The number of anilines is 2. The summed E-state index contributed by atoms with van der Waals surface area (Å²) in [6.45, 7) is -2.24. The molecule has 0 unspecified atom stereocenters. The number of benzene rings is 1. The third kappa shape index (κ3) is 5.61. The molecule has 1 aromatic rings. The van der Waals surface area contributed by atoms with E-state index in [-0.39, 0.29) is 30.5 Å². The molecular weight excluding hydrogens is 390 g/mol. The number of morpholine rings is 1. The van der Waals surface area contributed by atoms with Gasteiger partial charge in [0.25, 0.3) is 11.8 Å². The second-order valence-electron chi connectivity index (χ2n) is 6.83. The van der Waals surface area contributed by atoms with E-state index < -0.39 is 24.5 Å². The fourth-order valence-electron chi connectivity index (χ4n) is 2.90. The highest BCUT2D eigenvalue weighted by Crippen LogP contribution is 2.32. The van der Waals surface area contributed by atoms with Crippen molar-refractivity contribution >= 4 is 29.1 Å². The van der Waals surface area contributed by atoms with E-state index in [1.54, 1.807) is 0 Å². The van der Waals surface area contributed by atoms with Crippen LogP contribution in [0.4, 0.5) is 20.2 Å². The van der Waals surface area contributed by atoms with Gasteiger partial charge in [0.1, 0.15) is 6.61 Å². The normalized spacial score (nSPS) is 17.9. The number of nitrogens with one attached hydrogen (secondary N) is 2. The number of rotatable bonds is 9. The molecule has 3 rings (SSSR count). The van der Waals surface area contributed by atoms with Crippen molar-refractivity contribution in [1.29, 1.82) is 0 Å². The van der Waals surface area contributed by atoms with Crippen LogP contribution in [-0.2, 0) is 19.1 Å². The van der Waals surface area contributed by atoms with E-state index in [0.717, 1.165) is 12.8 Å². The van der Waals surface area contributed by atoms with Crippen LogP contribution in [0.1, 0.15) is 12.8 Å². The van der Waals surface area contributed by atoms with E-state index >= 15 is 0 Å². The van der Waals surface area contributed by atoms with Gasteiger partial charge in [-0.05, 0) is 37.4 Å². The lowest BCUT2D eigenvalue weighted by atomic mass is 10.2. The predicted molar refractivity (Wildman–Crippen MR) is 98.6 cm³/mol. The number of amides is 3. The number of nitrogens with two attached hydrogens (primary N) is 1. The standard InChI is InChI=1S/C18H22F2N4O5/c19-18(20)29-13-7-11(24-5-6-28-9-14(24)25)3-4-12(13)23-17(27)15(16(21)26)22-8-10-1-2-10/h3-4,7,10,15,18,22H,1-2,5-6,8-9H2,(H2,21,26)(H,23,27)/t15-/m0/s1. The zero-order valence-electron chi connectivity index (χ0n) is 15.5. The quantitative estimate of drug-likeness (QED) is 0.506. The van der Waals surface area contributed by atoms with Crippen molar-refractivity contribution in [2.45, 2.75) is 25.5 Å². The third-order valence-electron chi connectivity index (χ3n) is 4.59. The summed E-state index contributed by atoms with van der Waals surface area (Å²) in [7, 11) is 0. The summed E-state index contributed by atoms with van der Waals surface area (Å²) in [6, 6.07) is 2.72. The SMILES string of the molecule is NC(=O)[C@H](NCC1CC1)C(=O)Nc1ccc(N2CCOCC2=O)cc1OC(F)F. The Labute approximate surface area is 165 Å². The van der Waals surface area contributed by atoms with E-state index in [1.807, 2.05) is 0 Å². The summed E-state index contributed by atoms with van der Waals surface area (Å²) in [5.74, 6) is -1.93. The van der Waals surface area contributed by atoms with Crippen molar-refractivity contribution in [3.8, 4) is 5.75 Å². The Kier molecular flexibility index (Phi) is 6.60. The minimum Gasteiger partial charge on any atom is -0.433 e. The zero-order valence-corrected chi connectivity index (χ0v) is 15.5. The van der Waals surface area contributed by atoms with Crippen molar-refractivity contribution in [3.63, 3.8) is 0 Å². The van der Waals surface area contributed by atoms with Crippen LogP contribution in [0.15, 0.2) is 18.2 Å². The van der Waals surface area contributed by atoms with Gasteiger partial charge < -0.3 is 25.4 Å². The molecule has 1 saturated heterocycles. The summed E-state index contributed by atoms with van der Waals surface area (Å²) in [5.41, 5.74) is 5.54. The summed E-state index contributed by atoms with van der Waals surface area (Å²) in [6.07, 6.45) is 2.02. The molecular formula is C18H22F2N4O5. The molecule has 0 spiro atoms. The Morgan fingerprint density at radius 3 is 2.72 bits per heavy atom. The van der Waals surface area contributed by atoms with Crippen molar-refractivity contribution in [3.05, 3.63) is 18.2 Å². The van der Waals surface area contributed by atoms with Crippen LogP contribution in [0.2, 0.25) is 0 Å². The van der Waals surface area contributed by atoms with Crippen LogP contribution in [0.5, 0.6) is 5.75 Å². The first-order valence-corrected chi connectivity index (χ1v) is 9.15. The molecule has 1 heterocycles. The molecule has 1 aliphatic carbocycles. The number of halogens is 2. The average molecular weight is 412 g/mol. The van der Waals surface area contributed by atoms with Gasteiger partial charge in [-0.15, -0.1) is 0 Å². The second kappa shape index (κ2) is 9.14. The number of carbonyl (C=O) groups excluding carboxylic acids is 3. The van der Waals surface area contributed by atoms with Gasteiger partial charge in [-0.3, -0.25) is 19.7 Å². The number of primary amides is 1. The first kappa shape index (κ1) is 20.9. The summed E-state index contributed by atoms with van der Waals surface area (Å²) in [4.78, 5) is 37.4. The molecule has 1 atom stereocenters. The number of hydrogen-bond acceptors (Lipinski definition) is 6. The lowest BCUT2D eigenvalue weighted by Gasteiger charge is -2.27. The van der Waals surface area contributed by atoms with Crippen molar-refractivity contribution in [2.24, 2.45) is 11.7 Å².